The van der Waals surface area contributed by atoms with E-state index in [4.69, 9.17) is 0 Å². The van der Waals surface area contributed by atoms with Crippen LogP contribution in [-0.4, -0.2) is 31.4 Å². The van der Waals surface area contributed by atoms with Crippen LogP contribution in [0.5, 0.6) is 0 Å². The van der Waals surface area contributed by atoms with Crippen molar-refractivity contribution in [3.63, 3.8) is 0 Å². The molecule has 1 saturated carbocycles. The quantitative estimate of drug-likeness (QED) is 0.759. The number of nitrogens with one attached hydrogen (secondary N) is 1. The molecule has 2 N–H and O–H groups in total. The summed E-state index contributed by atoms with van der Waals surface area (Å²) in [4.78, 5) is 0. The van der Waals surface area contributed by atoms with Gasteiger partial charge in [-0.15, -0.1) is 0 Å². The molecule has 0 aromatic carbocycles. The van der Waals surface area contributed by atoms with E-state index in [1.165, 1.54) is 0 Å². The summed E-state index contributed by atoms with van der Waals surface area (Å²) >= 11 is 0. The summed E-state index contributed by atoms with van der Waals surface area (Å²) in [6.45, 7) is 3.87. The van der Waals surface area contributed by atoms with Crippen molar-refractivity contribution in [2.24, 2.45) is 5.92 Å². The van der Waals surface area contributed by atoms with E-state index in [1.54, 1.807) is 13.8 Å². The average Bonchev–Trinajstić information content (AvgIpc) is 2.17. The Labute approximate surface area is 92.1 Å². The molecule has 0 amide bonds. The standard InChI is InChI=1S/C10H21NO3S/c1-8(2)15(13,14)11-7-9-3-5-10(12)6-4-9/h8-12H,3-7H2,1-2H3. The lowest BCUT2D eigenvalue weighted by Gasteiger charge is -2.25. The third kappa shape index (κ3) is 4.09. The van der Waals surface area contributed by atoms with E-state index in [9.17, 15) is 13.5 Å². The first-order valence-corrected chi connectivity index (χ1v) is 7.13. The van der Waals surface area contributed by atoms with Crippen molar-refractivity contribution < 1.29 is 13.5 Å². The van der Waals surface area contributed by atoms with Crippen LogP contribution in [0, 0.1) is 5.92 Å². The zero-order chi connectivity index (χ0) is 11.5. The summed E-state index contributed by atoms with van der Waals surface area (Å²) in [7, 11) is -3.12. The molecular formula is C10H21NO3S. The van der Waals surface area contributed by atoms with E-state index in [0.29, 0.717) is 12.5 Å². The molecule has 4 nitrogen and oxygen atoms in total. The lowest BCUT2D eigenvalue weighted by Crippen LogP contribution is -2.36. The summed E-state index contributed by atoms with van der Waals surface area (Å²) in [5, 5.41) is 8.94. The fraction of sp³-hybridized carbons (Fsp3) is 1.00. The Morgan fingerprint density at radius 1 is 1.27 bits per heavy atom. The highest BCUT2D eigenvalue weighted by Crippen LogP contribution is 2.23. The molecule has 0 spiro atoms. The second-order valence-electron chi connectivity index (χ2n) is 4.62. The Bertz CT molecular complexity index is 279. The fourth-order valence-electron chi connectivity index (χ4n) is 1.75. The van der Waals surface area contributed by atoms with Crippen LogP contribution in [-0.2, 0) is 10.0 Å². The smallest absolute Gasteiger partial charge is 0.213 e. The highest BCUT2D eigenvalue weighted by atomic mass is 32.2. The molecular weight excluding hydrogens is 214 g/mol. The molecule has 0 bridgehead atoms. The van der Waals surface area contributed by atoms with Gasteiger partial charge in [0, 0.05) is 6.54 Å². The van der Waals surface area contributed by atoms with E-state index in [1.807, 2.05) is 0 Å². The minimum absolute atomic E-state index is 0.178. The van der Waals surface area contributed by atoms with Gasteiger partial charge in [0.05, 0.1) is 11.4 Å². The van der Waals surface area contributed by atoms with Crippen LogP contribution >= 0.6 is 0 Å². The van der Waals surface area contributed by atoms with Gasteiger partial charge in [0.25, 0.3) is 0 Å². The molecule has 1 fully saturated rings. The number of hydrogen-bond acceptors (Lipinski definition) is 3. The lowest BCUT2D eigenvalue weighted by molar-refractivity contribution is 0.109. The zero-order valence-electron chi connectivity index (χ0n) is 9.44. The number of aliphatic hydroxyl groups is 1. The van der Waals surface area contributed by atoms with Crippen LogP contribution in [0.15, 0.2) is 0 Å². The summed E-state index contributed by atoms with van der Waals surface area (Å²) in [6.07, 6.45) is 3.26. The second-order valence-corrected chi connectivity index (χ2v) is 6.94. The molecule has 0 heterocycles. The first kappa shape index (κ1) is 12.9. The monoisotopic (exact) mass is 235 g/mol. The number of hydrogen-bond donors (Lipinski definition) is 2. The Morgan fingerprint density at radius 2 is 1.80 bits per heavy atom. The van der Waals surface area contributed by atoms with Crippen molar-refractivity contribution in [2.75, 3.05) is 6.54 Å². The Hall–Kier alpha value is -0.130. The highest BCUT2D eigenvalue weighted by molar-refractivity contribution is 7.90. The van der Waals surface area contributed by atoms with Gasteiger partial charge in [-0.05, 0) is 45.4 Å². The molecule has 1 rings (SSSR count). The minimum Gasteiger partial charge on any atom is -0.393 e. The van der Waals surface area contributed by atoms with Crippen LogP contribution in [0.2, 0.25) is 0 Å². The van der Waals surface area contributed by atoms with Gasteiger partial charge in [-0.1, -0.05) is 0 Å². The van der Waals surface area contributed by atoms with Crippen LogP contribution in [0.1, 0.15) is 39.5 Å². The normalized spacial score (nSPS) is 28.3. The molecule has 90 valence electrons. The maximum absolute atomic E-state index is 11.5. The summed E-state index contributed by atoms with van der Waals surface area (Å²) in [5.74, 6) is 0.391. The van der Waals surface area contributed by atoms with Crippen molar-refractivity contribution in [1.29, 1.82) is 0 Å². The average molecular weight is 235 g/mol. The van der Waals surface area contributed by atoms with Crippen molar-refractivity contribution in [3.8, 4) is 0 Å². The van der Waals surface area contributed by atoms with Crippen LogP contribution in [0.4, 0.5) is 0 Å². The molecule has 0 atom stereocenters. The molecule has 0 radical (unpaired) electrons. The lowest BCUT2D eigenvalue weighted by atomic mass is 9.88. The van der Waals surface area contributed by atoms with Gasteiger partial charge in [0.15, 0.2) is 0 Å². The SMILES string of the molecule is CC(C)S(=O)(=O)NCC1CCC(O)CC1. The predicted octanol–water partition coefficient (Wildman–Crippen LogP) is 0.865. The van der Waals surface area contributed by atoms with Crippen molar-refractivity contribution in [1.82, 2.24) is 4.72 Å². The third-order valence-corrected chi connectivity index (χ3v) is 4.82. The first-order chi connectivity index (χ1) is 6.92. The molecule has 15 heavy (non-hydrogen) atoms. The third-order valence-electron chi connectivity index (χ3n) is 3.01. The Balaban J connectivity index is 2.32. The summed E-state index contributed by atoms with van der Waals surface area (Å²) < 4.78 is 25.6. The van der Waals surface area contributed by atoms with Gasteiger partial charge >= 0.3 is 0 Å². The van der Waals surface area contributed by atoms with Crippen LogP contribution < -0.4 is 4.72 Å². The molecule has 1 aliphatic carbocycles. The van der Waals surface area contributed by atoms with E-state index >= 15 is 0 Å². The summed E-state index contributed by atoms with van der Waals surface area (Å²) in [5.41, 5.74) is 0. The number of rotatable bonds is 4. The number of aliphatic hydroxyl groups excluding tert-OH is 1. The van der Waals surface area contributed by atoms with Gasteiger partial charge in [0.1, 0.15) is 0 Å². The maximum atomic E-state index is 11.5. The first-order valence-electron chi connectivity index (χ1n) is 5.58. The van der Waals surface area contributed by atoms with Gasteiger partial charge in [0.2, 0.25) is 10.0 Å². The molecule has 0 aromatic heterocycles. The second kappa shape index (κ2) is 5.27. The van der Waals surface area contributed by atoms with Crippen LogP contribution in [0.25, 0.3) is 0 Å². The van der Waals surface area contributed by atoms with Crippen molar-refractivity contribution >= 4 is 10.0 Å². The zero-order valence-corrected chi connectivity index (χ0v) is 10.3. The van der Waals surface area contributed by atoms with E-state index in [0.717, 1.165) is 25.7 Å². The maximum Gasteiger partial charge on any atom is 0.213 e. The molecule has 0 aliphatic heterocycles. The molecule has 0 unspecified atom stereocenters. The van der Waals surface area contributed by atoms with Crippen molar-refractivity contribution in [3.05, 3.63) is 0 Å². The Morgan fingerprint density at radius 3 is 2.27 bits per heavy atom. The van der Waals surface area contributed by atoms with Crippen molar-refractivity contribution in [2.45, 2.75) is 50.9 Å². The molecule has 5 heteroatoms. The van der Waals surface area contributed by atoms with E-state index in [-0.39, 0.29) is 11.4 Å². The topological polar surface area (TPSA) is 66.4 Å². The van der Waals surface area contributed by atoms with Gasteiger partial charge in [-0.2, -0.15) is 0 Å². The van der Waals surface area contributed by atoms with E-state index < -0.39 is 10.0 Å². The largest absolute Gasteiger partial charge is 0.393 e. The molecule has 0 saturated heterocycles. The fourth-order valence-corrected chi connectivity index (χ4v) is 2.55. The molecule has 1 aliphatic rings. The highest BCUT2D eigenvalue weighted by Gasteiger charge is 2.22. The Kier molecular flexibility index (Phi) is 4.55. The van der Waals surface area contributed by atoms with Gasteiger partial charge in [-0.25, -0.2) is 13.1 Å². The van der Waals surface area contributed by atoms with E-state index in [2.05, 4.69) is 4.72 Å². The summed E-state index contributed by atoms with van der Waals surface area (Å²) in [6, 6.07) is 0. The van der Waals surface area contributed by atoms with Crippen LogP contribution in [0.3, 0.4) is 0 Å². The van der Waals surface area contributed by atoms with Gasteiger partial charge < -0.3 is 5.11 Å². The predicted molar refractivity (Wildman–Crippen MR) is 60.0 cm³/mol. The molecule has 0 aromatic rings. The minimum atomic E-state index is -3.12. The number of sulfonamides is 1. The van der Waals surface area contributed by atoms with Gasteiger partial charge in [-0.3, -0.25) is 0 Å².